The summed E-state index contributed by atoms with van der Waals surface area (Å²) in [6.45, 7) is 10.8. The van der Waals surface area contributed by atoms with Crippen molar-refractivity contribution in [3.63, 3.8) is 0 Å². The fourth-order valence-electron chi connectivity index (χ4n) is 4.01. The molecule has 0 saturated carbocycles. The minimum atomic E-state index is 0.0883. The zero-order chi connectivity index (χ0) is 20.6. The molecule has 3 rings (SSSR count). The first-order valence-electron chi connectivity index (χ1n) is 10.8. The van der Waals surface area contributed by atoms with E-state index in [1.165, 1.54) is 27.6 Å². The van der Waals surface area contributed by atoms with Gasteiger partial charge in [-0.15, -0.1) is 0 Å². The summed E-state index contributed by atoms with van der Waals surface area (Å²) >= 11 is 0.267. The first-order chi connectivity index (χ1) is 14.2. The molecular weight excluding hydrogens is 427 g/mol. The summed E-state index contributed by atoms with van der Waals surface area (Å²) in [6, 6.07) is 17.3. The molecule has 4 heteroatoms. The van der Waals surface area contributed by atoms with E-state index >= 15 is 0 Å². The molecule has 0 aromatic heterocycles. The van der Waals surface area contributed by atoms with Gasteiger partial charge in [-0.2, -0.15) is 0 Å². The molecule has 2 aromatic rings. The van der Waals surface area contributed by atoms with Gasteiger partial charge >= 0.3 is 182 Å². The zero-order valence-electron chi connectivity index (χ0n) is 18.1. The van der Waals surface area contributed by atoms with Crippen LogP contribution in [0.4, 0.5) is 0 Å². The molecule has 1 fully saturated rings. The molecule has 0 aliphatic carbocycles. The molecule has 0 bridgehead atoms. The van der Waals surface area contributed by atoms with Crippen molar-refractivity contribution in [2.24, 2.45) is 0 Å². The molecule has 0 amide bonds. The fraction of sp³-hybridized carbons (Fsp3) is 0.520. The van der Waals surface area contributed by atoms with E-state index in [9.17, 15) is 0 Å². The fourth-order valence-corrected chi connectivity index (χ4v) is 7.55. The first kappa shape index (κ1) is 22.5. The van der Waals surface area contributed by atoms with Crippen molar-refractivity contribution in [1.29, 1.82) is 0 Å². The minimum absolute atomic E-state index is 0.0883. The maximum atomic E-state index is 6.30. The van der Waals surface area contributed by atoms with Gasteiger partial charge in [0, 0.05) is 0 Å². The molecule has 0 spiro atoms. The van der Waals surface area contributed by atoms with Gasteiger partial charge in [-0.05, 0) is 0 Å². The Labute approximate surface area is 182 Å². The van der Waals surface area contributed by atoms with Gasteiger partial charge in [0.2, 0.25) is 0 Å². The monoisotopic (exact) mass is 462 g/mol. The standard InChI is InChI=1S/C25H34O3Se/c1-5-26-18(3)21-14-10-15-22(19(4)27-6-2)25(21)29-23-16-11-17-28-24(23)20-12-8-7-9-13-20/h7-10,12-15,18-19,23-24H,5-6,11,16-17H2,1-4H3/t18-,19-,23-,24+/m1/s1. The van der Waals surface area contributed by atoms with Gasteiger partial charge in [0.1, 0.15) is 0 Å². The van der Waals surface area contributed by atoms with E-state index in [0.717, 1.165) is 26.2 Å². The second-order valence-corrected chi connectivity index (χ2v) is 10.1. The third-order valence-corrected chi connectivity index (χ3v) is 8.58. The molecule has 2 aromatic carbocycles. The van der Waals surface area contributed by atoms with Crippen molar-refractivity contribution >= 4 is 19.4 Å². The van der Waals surface area contributed by atoms with Crippen molar-refractivity contribution in [1.82, 2.24) is 0 Å². The van der Waals surface area contributed by atoms with E-state index in [4.69, 9.17) is 14.2 Å². The van der Waals surface area contributed by atoms with Gasteiger partial charge < -0.3 is 0 Å². The second-order valence-electron chi connectivity index (χ2n) is 7.46. The van der Waals surface area contributed by atoms with Crippen LogP contribution in [0.25, 0.3) is 0 Å². The van der Waals surface area contributed by atoms with Crippen LogP contribution >= 0.6 is 0 Å². The van der Waals surface area contributed by atoms with E-state index in [-0.39, 0.29) is 33.3 Å². The van der Waals surface area contributed by atoms with E-state index in [0.29, 0.717) is 4.82 Å². The topological polar surface area (TPSA) is 27.7 Å². The third-order valence-electron chi connectivity index (χ3n) is 5.45. The normalized spacial score (nSPS) is 21.7. The number of rotatable bonds is 9. The summed E-state index contributed by atoms with van der Waals surface area (Å²) in [4.78, 5) is 0.515. The Morgan fingerprint density at radius 3 is 2.14 bits per heavy atom. The quantitative estimate of drug-likeness (QED) is 0.458. The maximum absolute atomic E-state index is 6.30. The van der Waals surface area contributed by atoms with E-state index < -0.39 is 0 Å². The first-order valence-corrected chi connectivity index (χ1v) is 12.7. The Balaban J connectivity index is 1.96. The van der Waals surface area contributed by atoms with Crippen LogP contribution in [0.1, 0.15) is 75.5 Å². The van der Waals surface area contributed by atoms with Crippen LogP contribution in [0, 0.1) is 0 Å². The van der Waals surface area contributed by atoms with Gasteiger partial charge in [0.05, 0.1) is 0 Å². The van der Waals surface area contributed by atoms with E-state index in [1.54, 1.807) is 0 Å². The summed E-state index contributed by atoms with van der Waals surface area (Å²) in [6.07, 6.45) is 2.69. The van der Waals surface area contributed by atoms with Gasteiger partial charge in [0.15, 0.2) is 0 Å². The molecule has 158 valence electrons. The summed E-state index contributed by atoms with van der Waals surface area (Å²) in [5.74, 6) is 0. The summed E-state index contributed by atoms with van der Waals surface area (Å²) in [5, 5.41) is 0. The van der Waals surface area contributed by atoms with Crippen LogP contribution in [-0.2, 0) is 14.2 Å². The van der Waals surface area contributed by atoms with Crippen LogP contribution in [0.3, 0.4) is 0 Å². The van der Waals surface area contributed by atoms with Crippen LogP contribution in [-0.4, -0.2) is 34.8 Å². The number of hydrogen-bond donors (Lipinski definition) is 0. The van der Waals surface area contributed by atoms with Crippen molar-refractivity contribution in [2.75, 3.05) is 19.8 Å². The third kappa shape index (κ3) is 5.71. The molecule has 1 heterocycles. The average molecular weight is 462 g/mol. The van der Waals surface area contributed by atoms with Crippen LogP contribution in [0.2, 0.25) is 4.82 Å². The number of benzene rings is 2. The van der Waals surface area contributed by atoms with Crippen LogP contribution in [0.15, 0.2) is 48.5 Å². The van der Waals surface area contributed by atoms with Crippen molar-refractivity contribution < 1.29 is 14.2 Å². The van der Waals surface area contributed by atoms with Gasteiger partial charge in [-0.1, -0.05) is 0 Å². The predicted molar refractivity (Wildman–Crippen MR) is 120 cm³/mol. The Kier molecular flexibility index (Phi) is 8.77. The molecular formula is C25H34O3Se. The molecule has 1 aliphatic heterocycles. The SMILES string of the molecule is CCO[C@H](C)c1cccc([C@@H](C)OCC)c1[Se][C@@H]1CCCO[C@H]1c1ccccc1. The molecule has 0 N–H and O–H groups in total. The molecule has 0 unspecified atom stereocenters. The Morgan fingerprint density at radius 1 is 0.931 bits per heavy atom. The Morgan fingerprint density at radius 2 is 1.55 bits per heavy atom. The average Bonchev–Trinajstić information content (AvgIpc) is 2.75. The molecule has 29 heavy (non-hydrogen) atoms. The molecule has 1 saturated heterocycles. The number of hydrogen-bond acceptors (Lipinski definition) is 3. The van der Waals surface area contributed by atoms with Crippen molar-refractivity contribution in [3.05, 3.63) is 65.2 Å². The van der Waals surface area contributed by atoms with Gasteiger partial charge in [-0.3, -0.25) is 0 Å². The summed E-state index contributed by atoms with van der Waals surface area (Å²) in [5.41, 5.74) is 3.93. The Bertz CT molecular complexity index is 719. The summed E-state index contributed by atoms with van der Waals surface area (Å²) in [7, 11) is 0. The number of ether oxygens (including phenoxy) is 3. The molecule has 0 radical (unpaired) electrons. The zero-order valence-corrected chi connectivity index (χ0v) is 19.8. The second kappa shape index (κ2) is 11.3. The summed E-state index contributed by atoms with van der Waals surface area (Å²) < 4.78 is 19.7. The van der Waals surface area contributed by atoms with Crippen LogP contribution < -0.4 is 4.46 Å². The molecule has 4 atom stereocenters. The van der Waals surface area contributed by atoms with Gasteiger partial charge in [0.25, 0.3) is 0 Å². The van der Waals surface area contributed by atoms with Crippen molar-refractivity contribution in [3.8, 4) is 0 Å². The van der Waals surface area contributed by atoms with E-state index in [2.05, 4.69) is 76.2 Å². The van der Waals surface area contributed by atoms with Gasteiger partial charge in [-0.25, -0.2) is 0 Å². The van der Waals surface area contributed by atoms with Crippen molar-refractivity contribution in [2.45, 2.75) is 63.7 Å². The molecule has 3 nitrogen and oxygen atoms in total. The van der Waals surface area contributed by atoms with E-state index in [1.807, 2.05) is 0 Å². The van der Waals surface area contributed by atoms with Crippen LogP contribution in [0.5, 0.6) is 0 Å². The molecule has 1 aliphatic rings. The predicted octanol–water partition coefficient (Wildman–Crippen LogP) is 5.55. The Hall–Kier alpha value is -1.16.